The van der Waals surface area contributed by atoms with Gasteiger partial charge in [-0.1, -0.05) is 36.4 Å². The van der Waals surface area contributed by atoms with E-state index in [1.54, 1.807) is 12.1 Å². The standard InChI is InChI=1S/C15H16NO2S/c1-19(17,18)16-15-11-9-14(10-12-15)8-7-13-5-3-2-4-6-13/h2-3,5-6,9-12,16H,7-8H2,1H3. The molecular formula is C15H16NO2S. The summed E-state index contributed by atoms with van der Waals surface area (Å²) in [6, 6.07) is 18.4. The predicted molar refractivity (Wildman–Crippen MR) is 77.6 cm³/mol. The van der Waals surface area contributed by atoms with Crippen LogP contribution < -0.4 is 4.72 Å². The van der Waals surface area contributed by atoms with Gasteiger partial charge in [0.05, 0.1) is 6.26 Å². The van der Waals surface area contributed by atoms with Crippen molar-refractivity contribution in [3.8, 4) is 0 Å². The molecule has 2 aromatic rings. The second kappa shape index (κ2) is 5.89. The summed E-state index contributed by atoms with van der Waals surface area (Å²) in [6.45, 7) is 0. The Morgan fingerprint density at radius 2 is 1.74 bits per heavy atom. The minimum atomic E-state index is -3.20. The second-order valence-electron chi connectivity index (χ2n) is 4.48. The monoisotopic (exact) mass is 274 g/mol. The number of sulfonamides is 1. The van der Waals surface area contributed by atoms with Gasteiger partial charge in [-0.15, -0.1) is 0 Å². The fraction of sp³-hybridized carbons (Fsp3) is 0.200. The Balaban J connectivity index is 1.96. The molecule has 1 radical (unpaired) electrons. The van der Waals surface area contributed by atoms with Crippen molar-refractivity contribution in [1.82, 2.24) is 0 Å². The molecule has 1 N–H and O–H groups in total. The third-order valence-corrected chi connectivity index (χ3v) is 3.34. The molecule has 0 spiro atoms. The van der Waals surface area contributed by atoms with Crippen LogP contribution in [0.2, 0.25) is 0 Å². The summed E-state index contributed by atoms with van der Waals surface area (Å²) in [5.41, 5.74) is 3.03. The lowest BCUT2D eigenvalue weighted by atomic mass is 10.0. The number of anilines is 1. The van der Waals surface area contributed by atoms with Crippen molar-refractivity contribution in [3.05, 3.63) is 65.7 Å². The van der Waals surface area contributed by atoms with Gasteiger partial charge in [0, 0.05) is 5.69 Å². The largest absolute Gasteiger partial charge is 0.284 e. The minimum Gasteiger partial charge on any atom is -0.284 e. The maximum absolute atomic E-state index is 11.1. The first-order valence-corrected chi connectivity index (χ1v) is 7.94. The number of nitrogens with one attached hydrogen (secondary N) is 1. The van der Waals surface area contributed by atoms with Crippen molar-refractivity contribution in [1.29, 1.82) is 0 Å². The number of aryl methyl sites for hydroxylation is 2. The molecule has 0 aliphatic rings. The zero-order chi connectivity index (χ0) is 13.7. The average molecular weight is 274 g/mol. The number of hydrogen-bond donors (Lipinski definition) is 1. The summed E-state index contributed by atoms with van der Waals surface area (Å²) in [5, 5.41) is 0. The Morgan fingerprint density at radius 1 is 1.05 bits per heavy atom. The molecule has 0 aromatic heterocycles. The molecule has 3 nitrogen and oxygen atoms in total. The highest BCUT2D eigenvalue weighted by Crippen LogP contribution is 2.13. The Morgan fingerprint density at radius 3 is 2.32 bits per heavy atom. The molecule has 99 valence electrons. The summed E-state index contributed by atoms with van der Waals surface area (Å²) < 4.78 is 24.6. The van der Waals surface area contributed by atoms with E-state index in [0.29, 0.717) is 5.69 Å². The molecule has 19 heavy (non-hydrogen) atoms. The highest BCUT2D eigenvalue weighted by molar-refractivity contribution is 7.92. The van der Waals surface area contributed by atoms with Crippen LogP contribution in [0.5, 0.6) is 0 Å². The molecule has 0 heterocycles. The predicted octanol–water partition coefficient (Wildman–Crippen LogP) is 2.64. The molecule has 0 aliphatic heterocycles. The normalized spacial score (nSPS) is 11.2. The van der Waals surface area contributed by atoms with Gasteiger partial charge in [-0.05, 0) is 42.2 Å². The first-order valence-electron chi connectivity index (χ1n) is 6.05. The van der Waals surface area contributed by atoms with Crippen LogP contribution in [0.15, 0.2) is 48.5 Å². The van der Waals surface area contributed by atoms with Crippen LogP contribution in [0.1, 0.15) is 11.1 Å². The van der Waals surface area contributed by atoms with Gasteiger partial charge in [-0.2, -0.15) is 0 Å². The summed E-state index contributed by atoms with van der Waals surface area (Å²) in [5.74, 6) is 0. The van der Waals surface area contributed by atoms with E-state index in [1.165, 1.54) is 11.1 Å². The Kier molecular flexibility index (Phi) is 4.22. The summed E-state index contributed by atoms with van der Waals surface area (Å²) in [7, 11) is -3.20. The molecule has 0 saturated heterocycles. The lowest BCUT2D eigenvalue weighted by Gasteiger charge is -2.06. The van der Waals surface area contributed by atoms with E-state index in [2.05, 4.69) is 16.9 Å². The molecule has 0 amide bonds. The first kappa shape index (κ1) is 13.6. The number of hydrogen-bond acceptors (Lipinski definition) is 2. The topological polar surface area (TPSA) is 46.2 Å². The third-order valence-electron chi connectivity index (χ3n) is 2.73. The number of benzene rings is 2. The molecule has 0 saturated carbocycles. The van der Waals surface area contributed by atoms with Crippen molar-refractivity contribution in [2.45, 2.75) is 12.8 Å². The van der Waals surface area contributed by atoms with E-state index in [9.17, 15) is 8.42 Å². The highest BCUT2D eigenvalue weighted by Gasteiger charge is 2.01. The van der Waals surface area contributed by atoms with Crippen LogP contribution in [0.3, 0.4) is 0 Å². The lowest BCUT2D eigenvalue weighted by molar-refractivity contribution is 0.607. The van der Waals surface area contributed by atoms with Crippen molar-refractivity contribution in [2.24, 2.45) is 0 Å². The quantitative estimate of drug-likeness (QED) is 0.911. The molecule has 4 heteroatoms. The van der Waals surface area contributed by atoms with Crippen LogP contribution in [0, 0.1) is 6.07 Å². The maximum Gasteiger partial charge on any atom is 0.229 e. The molecular weight excluding hydrogens is 258 g/mol. The van der Waals surface area contributed by atoms with Gasteiger partial charge < -0.3 is 0 Å². The van der Waals surface area contributed by atoms with E-state index >= 15 is 0 Å². The molecule has 0 unspecified atom stereocenters. The Hall–Kier alpha value is -1.81. The summed E-state index contributed by atoms with van der Waals surface area (Å²) in [4.78, 5) is 0. The van der Waals surface area contributed by atoms with E-state index in [-0.39, 0.29) is 0 Å². The van der Waals surface area contributed by atoms with Crippen LogP contribution >= 0.6 is 0 Å². The molecule has 0 aliphatic carbocycles. The minimum absolute atomic E-state index is 0.597. The van der Waals surface area contributed by atoms with E-state index in [0.717, 1.165) is 19.1 Å². The zero-order valence-corrected chi connectivity index (χ0v) is 11.6. The van der Waals surface area contributed by atoms with E-state index in [4.69, 9.17) is 0 Å². The fourth-order valence-corrected chi connectivity index (χ4v) is 2.39. The highest BCUT2D eigenvalue weighted by atomic mass is 32.2. The van der Waals surface area contributed by atoms with Gasteiger partial charge in [0.25, 0.3) is 0 Å². The van der Waals surface area contributed by atoms with Crippen molar-refractivity contribution < 1.29 is 8.42 Å². The molecule has 2 rings (SSSR count). The average Bonchev–Trinajstić information content (AvgIpc) is 2.37. The van der Waals surface area contributed by atoms with Crippen LogP contribution in [-0.4, -0.2) is 14.7 Å². The smallest absolute Gasteiger partial charge is 0.229 e. The number of rotatable bonds is 5. The van der Waals surface area contributed by atoms with Gasteiger partial charge in [-0.25, -0.2) is 8.42 Å². The van der Waals surface area contributed by atoms with Gasteiger partial charge in [0.1, 0.15) is 0 Å². The van der Waals surface area contributed by atoms with Gasteiger partial charge in [0.15, 0.2) is 0 Å². The third kappa shape index (κ3) is 4.75. The van der Waals surface area contributed by atoms with Gasteiger partial charge in [0.2, 0.25) is 10.0 Å². The van der Waals surface area contributed by atoms with Crippen LogP contribution in [0.25, 0.3) is 0 Å². The Bertz CT molecular complexity index is 619. The van der Waals surface area contributed by atoms with Crippen molar-refractivity contribution in [3.63, 3.8) is 0 Å². The molecule has 0 bridgehead atoms. The fourth-order valence-electron chi connectivity index (χ4n) is 1.83. The summed E-state index contributed by atoms with van der Waals surface area (Å²) >= 11 is 0. The molecule has 0 atom stereocenters. The SMILES string of the molecule is CS(=O)(=O)Nc1ccc(CCc2c[c]ccc2)cc1. The molecule has 2 aromatic carbocycles. The molecule has 0 fully saturated rings. The van der Waals surface area contributed by atoms with Crippen LogP contribution in [-0.2, 0) is 22.9 Å². The van der Waals surface area contributed by atoms with Crippen molar-refractivity contribution >= 4 is 15.7 Å². The maximum atomic E-state index is 11.1. The van der Waals surface area contributed by atoms with E-state index < -0.39 is 10.0 Å². The lowest BCUT2D eigenvalue weighted by Crippen LogP contribution is -2.09. The summed E-state index contributed by atoms with van der Waals surface area (Å²) in [6.07, 6.45) is 3.03. The second-order valence-corrected chi connectivity index (χ2v) is 6.23. The van der Waals surface area contributed by atoms with Crippen molar-refractivity contribution in [2.75, 3.05) is 11.0 Å². The first-order chi connectivity index (χ1) is 9.03. The van der Waals surface area contributed by atoms with E-state index in [1.807, 2.05) is 30.3 Å². The zero-order valence-electron chi connectivity index (χ0n) is 10.8. The van der Waals surface area contributed by atoms with Gasteiger partial charge >= 0.3 is 0 Å². The Labute approximate surface area is 114 Å². The van der Waals surface area contributed by atoms with Crippen LogP contribution in [0.4, 0.5) is 5.69 Å². The van der Waals surface area contributed by atoms with Gasteiger partial charge in [-0.3, -0.25) is 4.72 Å².